The number of likely N-dealkylation sites (tertiary alicyclic amines) is 1. The topological polar surface area (TPSA) is 60.2 Å². The minimum atomic E-state index is -0.712. The van der Waals surface area contributed by atoms with E-state index in [1.807, 2.05) is 18.3 Å². The van der Waals surface area contributed by atoms with E-state index in [0.29, 0.717) is 32.2 Å². The van der Waals surface area contributed by atoms with Crippen LogP contribution in [0.25, 0.3) is 0 Å². The molecular formula is C22H27N3O3. The van der Waals surface area contributed by atoms with Gasteiger partial charge in [0.05, 0.1) is 12.5 Å². The molecule has 0 unspecified atom stereocenters. The highest BCUT2D eigenvalue weighted by molar-refractivity contribution is 5.71. The standard InChI is InChI=1S/C22H27N3O3/c1-16(2)11-17-3-5-19(6-4-17)24-9-10-25(15-24)21-8-7-20(28-21)14-23-12-18(13-23)22(26)27/h3-10,16,18H,11-15H2,1-2H3,(H,26,27). The van der Waals surface area contributed by atoms with Crippen molar-refractivity contribution in [1.29, 1.82) is 0 Å². The second-order valence-corrected chi connectivity index (χ2v) is 8.11. The lowest BCUT2D eigenvalue weighted by molar-refractivity contribution is -0.147. The summed E-state index contributed by atoms with van der Waals surface area (Å²) in [5, 5.41) is 8.97. The Bertz CT molecular complexity index is 850. The lowest BCUT2D eigenvalue weighted by Gasteiger charge is -2.35. The van der Waals surface area contributed by atoms with E-state index in [-0.39, 0.29) is 5.92 Å². The van der Waals surface area contributed by atoms with Gasteiger partial charge >= 0.3 is 5.97 Å². The molecule has 2 aromatic rings. The second kappa shape index (κ2) is 7.72. The third kappa shape index (κ3) is 4.07. The molecule has 4 rings (SSSR count). The zero-order chi connectivity index (χ0) is 19.7. The number of carboxylic acid groups (broad SMARTS) is 1. The molecule has 28 heavy (non-hydrogen) atoms. The quantitative estimate of drug-likeness (QED) is 0.788. The summed E-state index contributed by atoms with van der Waals surface area (Å²) in [6.07, 6.45) is 5.18. The van der Waals surface area contributed by atoms with Crippen LogP contribution in [0.4, 0.5) is 11.6 Å². The zero-order valence-electron chi connectivity index (χ0n) is 16.4. The van der Waals surface area contributed by atoms with Gasteiger partial charge in [0.15, 0.2) is 0 Å². The summed E-state index contributed by atoms with van der Waals surface area (Å²) < 4.78 is 5.98. The molecule has 2 aliphatic heterocycles. The zero-order valence-corrected chi connectivity index (χ0v) is 16.4. The van der Waals surface area contributed by atoms with E-state index in [1.54, 1.807) is 0 Å². The van der Waals surface area contributed by atoms with Gasteiger partial charge in [-0.2, -0.15) is 0 Å². The molecule has 0 bridgehead atoms. The molecule has 0 spiro atoms. The Hall–Kier alpha value is -2.73. The van der Waals surface area contributed by atoms with Crippen LogP contribution < -0.4 is 9.80 Å². The van der Waals surface area contributed by atoms with Gasteiger partial charge in [0.1, 0.15) is 12.4 Å². The number of furan rings is 1. The molecule has 1 saturated heterocycles. The van der Waals surface area contributed by atoms with E-state index < -0.39 is 5.97 Å². The minimum absolute atomic E-state index is 0.239. The van der Waals surface area contributed by atoms with Crippen LogP contribution in [0, 0.1) is 11.8 Å². The summed E-state index contributed by atoms with van der Waals surface area (Å²) in [4.78, 5) is 17.3. The molecular weight excluding hydrogens is 354 g/mol. The fourth-order valence-electron chi connectivity index (χ4n) is 3.71. The molecule has 0 aliphatic carbocycles. The van der Waals surface area contributed by atoms with E-state index in [9.17, 15) is 4.79 Å². The largest absolute Gasteiger partial charge is 0.481 e. The first-order chi connectivity index (χ1) is 13.5. The number of carbonyl (C=O) groups is 1. The monoisotopic (exact) mass is 381 g/mol. The van der Waals surface area contributed by atoms with E-state index >= 15 is 0 Å². The predicted octanol–water partition coefficient (Wildman–Crippen LogP) is 3.75. The van der Waals surface area contributed by atoms with Crippen LogP contribution in [0.3, 0.4) is 0 Å². The first-order valence-electron chi connectivity index (χ1n) is 9.82. The highest BCUT2D eigenvalue weighted by Crippen LogP contribution is 2.28. The van der Waals surface area contributed by atoms with Crippen LogP contribution in [0.15, 0.2) is 53.2 Å². The fourth-order valence-corrected chi connectivity index (χ4v) is 3.71. The minimum Gasteiger partial charge on any atom is -0.481 e. The average Bonchev–Trinajstić information content (AvgIpc) is 3.27. The van der Waals surface area contributed by atoms with Gasteiger partial charge in [0.25, 0.3) is 0 Å². The smallest absolute Gasteiger partial charge is 0.309 e. The van der Waals surface area contributed by atoms with Crippen molar-refractivity contribution in [3.05, 3.63) is 60.1 Å². The van der Waals surface area contributed by atoms with Crippen molar-refractivity contribution >= 4 is 17.5 Å². The first-order valence-corrected chi connectivity index (χ1v) is 9.82. The Morgan fingerprint density at radius 3 is 2.50 bits per heavy atom. The summed E-state index contributed by atoms with van der Waals surface area (Å²) >= 11 is 0. The molecule has 1 aromatic carbocycles. The fraction of sp³-hybridized carbons (Fsp3) is 0.409. The van der Waals surface area contributed by atoms with Gasteiger partial charge < -0.3 is 14.4 Å². The van der Waals surface area contributed by atoms with Crippen molar-refractivity contribution in [3.8, 4) is 0 Å². The van der Waals surface area contributed by atoms with Crippen molar-refractivity contribution in [2.75, 3.05) is 29.6 Å². The highest BCUT2D eigenvalue weighted by Gasteiger charge is 2.32. The third-order valence-corrected chi connectivity index (χ3v) is 5.26. The third-order valence-electron chi connectivity index (χ3n) is 5.26. The number of hydrogen-bond donors (Lipinski definition) is 1. The first kappa shape index (κ1) is 18.6. The maximum Gasteiger partial charge on any atom is 0.309 e. The molecule has 2 aliphatic rings. The Kier molecular flexibility index (Phi) is 5.13. The molecule has 0 radical (unpaired) electrons. The van der Waals surface area contributed by atoms with Gasteiger partial charge in [-0.15, -0.1) is 0 Å². The average molecular weight is 381 g/mol. The number of anilines is 2. The van der Waals surface area contributed by atoms with Gasteiger partial charge in [-0.25, -0.2) is 0 Å². The maximum atomic E-state index is 10.9. The molecule has 0 amide bonds. The molecule has 3 heterocycles. The van der Waals surface area contributed by atoms with Crippen LogP contribution in [0.5, 0.6) is 0 Å². The predicted molar refractivity (Wildman–Crippen MR) is 109 cm³/mol. The molecule has 1 aromatic heterocycles. The van der Waals surface area contributed by atoms with Crippen molar-refractivity contribution in [2.24, 2.45) is 11.8 Å². The molecule has 0 saturated carbocycles. The van der Waals surface area contributed by atoms with E-state index in [2.05, 4.69) is 59.0 Å². The van der Waals surface area contributed by atoms with Crippen LogP contribution in [-0.2, 0) is 17.8 Å². The molecule has 0 atom stereocenters. The number of carboxylic acids is 1. The van der Waals surface area contributed by atoms with Crippen molar-refractivity contribution in [3.63, 3.8) is 0 Å². The summed E-state index contributed by atoms with van der Waals surface area (Å²) in [5.74, 6) is 1.38. The SMILES string of the molecule is CC(C)Cc1ccc(N2C=CN(c3ccc(CN4CC(C(=O)O)C4)o3)C2)cc1. The van der Waals surface area contributed by atoms with Crippen molar-refractivity contribution < 1.29 is 14.3 Å². The van der Waals surface area contributed by atoms with Crippen LogP contribution >= 0.6 is 0 Å². The lowest BCUT2D eigenvalue weighted by atomic mass is 10.0. The van der Waals surface area contributed by atoms with Gasteiger partial charge in [-0.3, -0.25) is 14.6 Å². The molecule has 1 N–H and O–H groups in total. The van der Waals surface area contributed by atoms with Gasteiger partial charge in [0, 0.05) is 37.2 Å². The van der Waals surface area contributed by atoms with Gasteiger partial charge in [-0.05, 0) is 36.1 Å². The van der Waals surface area contributed by atoms with Gasteiger partial charge in [-0.1, -0.05) is 26.0 Å². The Labute approximate surface area is 165 Å². The van der Waals surface area contributed by atoms with Crippen molar-refractivity contribution in [2.45, 2.75) is 26.8 Å². The summed E-state index contributed by atoms with van der Waals surface area (Å²) in [6.45, 7) is 7.02. The molecule has 6 heteroatoms. The number of nitrogens with zero attached hydrogens (tertiary/aromatic N) is 3. The maximum absolute atomic E-state index is 10.9. The molecule has 6 nitrogen and oxygen atoms in total. The summed E-state index contributed by atoms with van der Waals surface area (Å²) in [7, 11) is 0. The Balaban J connectivity index is 1.32. The lowest BCUT2D eigenvalue weighted by Crippen LogP contribution is -2.49. The van der Waals surface area contributed by atoms with E-state index in [4.69, 9.17) is 9.52 Å². The highest BCUT2D eigenvalue weighted by atomic mass is 16.4. The second-order valence-electron chi connectivity index (χ2n) is 8.11. The Morgan fingerprint density at radius 1 is 1.11 bits per heavy atom. The van der Waals surface area contributed by atoms with Crippen LogP contribution in [-0.4, -0.2) is 35.7 Å². The van der Waals surface area contributed by atoms with Gasteiger partial charge in [0.2, 0.25) is 5.88 Å². The van der Waals surface area contributed by atoms with Crippen LogP contribution in [0.1, 0.15) is 25.2 Å². The molecule has 148 valence electrons. The summed E-state index contributed by atoms with van der Waals surface area (Å²) in [6, 6.07) is 12.7. The molecule has 1 fully saturated rings. The number of rotatable bonds is 7. The summed E-state index contributed by atoms with van der Waals surface area (Å²) in [5.41, 5.74) is 2.53. The van der Waals surface area contributed by atoms with E-state index in [0.717, 1.165) is 18.1 Å². The van der Waals surface area contributed by atoms with E-state index in [1.165, 1.54) is 11.3 Å². The Morgan fingerprint density at radius 2 is 1.82 bits per heavy atom. The number of benzene rings is 1. The number of aliphatic carboxylic acids is 1. The van der Waals surface area contributed by atoms with Crippen molar-refractivity contribution in [1.82, 2.24) is 4.90 Å². The van der Waals surface area contributed by atoms with Crippen LogP contribution in [0.2, 0.25) is 0 Å². The number of hydrogen-bond acceptors (Lipinski definition) is 5. The normalized spacial score (nSPS) is 17.5.